The van der Waals surface area contributed by atoms with Crippen LogP contribution in [0.1, 0.15) is 13.8 Å². The second-order valence-electron chi connectivity index (χ2n) is 1.98. The van der Waals surface area contributed by atoms with Crippen LogP contribution < -0.4 is 10.6 Å². The average molecular weight is 154 g/mol. The van der Waals surface area contributed by atoms with Crippen molar-refractivity contribution in [3.63, 3.8) is 0 Å². The maximum atomic E-state index is 10.8. The minimum atomic E-state index is 0.0189. The van der Waals surface area contributed by atoms with Crippen molar-refractivity contribution in [3.8, 4) is 11.8 Å². The number of carbonyl (C=O) groups is 1. The third-order valence-corrected chi connectivity index (χ3v) is 1.05. The van der Waals surface area contributed by atoms with Gasteiger partial charge in [0.1, 0.15) is 0 Å². The van der Waals surface area contributed by atoms with Gasteiger partial charge in [-0.3, -0.25) is 10.1 Å². The van der Waals surface area contributed by atoms with E-state index in [1.165, 1.54) is 0 Å². The molecule has 0 aliphatic carbocycles. The zero-order valence-electron chi connectivity index (χ0n) is 7.03. The number of nitrogens with one attached hydrogen (secondary N) is 2. The Hall–Kier alpha value is -1.01. The fraction of sp³-hybridized carbons (Fsp3) is 0.625. The van der Waals surface area contributed by atoms with Gasteiger partial charge in [-0.1, -0.05) is 5.92 Å². The van der Waals surface area contributed by atoms with Gasteiger partial charge in [-0.25, -0.2) is 0 Å². The number of rotatable bonds is 4. The van der Waals surface area contributed by atoms with Crippen LogP contribution in [0.15, 0.2) is 0 Å². The third kappa shape index (κ3) is 6.88. The van der Waals surface area contributed by atoms with Crippen LogP contribution in [-0.2, 0) is 4.79 Å². The Morgan fingerprint density at radius 2 is 2.27 bits per heavy atom. The predicted octanol–water partition coefficient (Wildman–Crippen LogP) is -0.265. The van der Waals surface area contributed by atoms with Gasteiger partial charge >= 0.3 is 0 Å². The number of carbonyl (C=O) groups excluding carboxylic acids is 1. The smallest absolute Gasteiger partial charge is 0.233 e. The highest BCUT2D eigenvalue weighted by Crippen LogP contribution is 1.62. The zero-order chi connectivity index (χ0) is 8.53. The second-order valence-corrected chi connectivity index (χ2v) is 1.98. The van der Waals surface area contributed by atoms with E-state index in [0.717, 1.165) is 0 Å². The molecule has 0 spiro atoms. The van der Waals surface area contributed by atoms with Gasteiger partial charge in [-0.2, -0.15) is 0 Å². The molecule has 0 aliphatic heterocycles. The summed E-state index contributed by atoms with van der Waals surface area (Å²) in [7, 11) is 0. The van der Waals surface area contributed by atoms with Crippen LogP contribution in [0.25, 0.3) is 0 Å². The fourth-order valence-electron chi connectivity index (χ4n) is 0.587. The monoisotopic (exact) mass is 154 g/mol. The van der Waals surface area contributed by atoms with Crippen molar-refractivity contribution in [3.05, 3.63) is 0 Å². The molecule has 1 amide bonds. The molecule has 3 heteroatoms. The van der Waals surface area contributed by atoms with Crippen molar-refractivity contribution in [2.75, 3.05) is 19.6 Å². The van der Waals surface area contributed by atoms with E-state index in [1.54, 1.807) is 6.92 Å². The largest absolute Gasteiger partial charge is 0.355 e. The maximum absolute atomic E-state index is 10.8. The highest BCUT2D eigenvalue weighted by molar-refractivity contribution is 5.77. The lowest BCUT2D eigenvalue weighted by Crippen LogP contribution is -2.33. The molecule has 62 valence electrons. The quantitative estimate of drug-likeness (QED) is 0.432. The minimum absolute atomic E-state index is 0.0189. The number of amides is 1. The summed E-state index contributed by atoms with van der Waals surface area (Å²) in [5, 5.41) is 5.56. The summed E-state index contributed by atoms with van der Waals surface area (Å²) in [6.45, 7) is 5.27. The normalized spacial score (nSPS) is 8.18. The van der Waals surface area contributed by atoms with Gasteiger partial charge in [0, 0.05) is 6.54 Å². The first-order chi connectivity index (χ1) is 5.31. The van der Waals surface area contributed by atoms with Crippen molar-refractivity contribution < 1.29 is 4.79 Å². The molecule has 0 aromatic rings. The van der Waals surface area contributed by atoms with Crippen molar-refractivity contribution in [1.82, 2.24) is 10.6 Å². The Kier molecular flexibility index (Phi) is 6.45. The van der Waals surface area contributed by atoms with Gasteiger partial charge in [0.05, 0.1) is 13.1 Å². The van der Waals surface area contributed by atoms with Crippen LogP contribution in [0.3, 0.4) is 0 Å². The molecule has 0 aliphatic rings. The lowest BCUT2D eigenvalue weighted by atomic mass is 10.5. The van der Waals surface area contributed by atoms with Crippen LogP contribution >= 0.6 is 0 Å². The molecule has 0 rings (SSSR count). The highest BCUT2D eigenvalue weighted by Gasteiger charge is 1.94. The van der Waals surface area contributed by atoms with Crippen molar-refractivity contribution >= 4 is 5.91 Å². The Labute approximate surface area is 67.6 Å². The first-order valence-electron chi connectivity index (χ1n) is 3.68. The van der Waals surface area contributed by atoms with Crippen LogP contribution in [0, 0.1) is 11.8 Å². The minimum Gasteiger partial charge on any atom is -0.355 e. The predicted molar refractivity (Wildman–Crippen MR) is 45.0 cm³/mol. The lowest BCUT2D eigenvalue weighted by molar-refractivity contribution is -0.120. The first-order valence-corrected chi connectivity index (χ1v) is 3.68. The molecule has 3 nitrogen and oxygen atoms in total. The number of likely N-dealkylation sites (N-methyl/N-ethyl adjacent to an activating group) is 1. The molecule has 0 heterocycles. The molecule has 0 fully saturated rings. The van der Waals surface area contributed by atoms with Gasteiger partial charge < -0.3 is 5.32 Å². The number of hydrogen-bond acceptors (Lipinski definition) is 2. The SMILES string of the molecule is CC#CCNCC(=O)NCC. The fourth-order valence-corrected chi connectivity index (χ4v) is 0.587. The van der Waals surface area contributed by atoms with Crippen LogP contribution in [0.2, 0.25) is 0 Å². The standard InChI is InChI=1S/C8H14N2O/c1-3-5-6-9-7-8(11)10-4-2/h9H,4,6-7H2,1-2H3,(H,10,11). The topological polar surface area (TPSA) is 41.1 Å². The van der Waals surface area contributed by atoms with E-state index in [2.05, 4.69) is 22.5 Å². The molecular formula is C8H14N2O. The highest BCUT2D eigenvalue weighted by atomic mass is 16.1. The van der Waals surface area contributed by atoms with E-state index in [4.69, 9.17) is 0 Å². The molecule has 0 aromatic heterocycles. The Bertz CT molecular complexity index is 167. The molecule has 0 bridgehead atoms. The molecule has 11 heavy (non-hydrogen) atoms. The van der Waals surface area contributed by atoms with E-state index in [0.29, 0.717) is 19.6 Å². The summed E-state index contributed by atoms with van der Waals surface area (Å²) in [6.07, 6.45) is 0. The molecule has 0 atom stereocenters. The van der Waals surface area contributed by atoms with E-state index in [1.807, 2.05) is 6.92 Å². The number of hydrogen-bond donors (Lipinski definition) is 2. The molecule has 0 saturated heterocycles. The summed E-state index contributed by atoms with van der Waals surface area (Å²) >= 11 is 0. The van der Waals surface area contributed by atoms with Gasteiger partial charge in [0.25, 0.3) is 0 Å². The molecule has 2 N–H and O–H groups in total. The Morgan fingerprint density at radius 3 is 2.82 bits per heavy atom. The molecular weight excluding hydrogens is 140 g/mol. The van der Waals surface area contributed by atoms with Gasteiger partial charge in [0.2, 0.25) is 5.91 Å². The summed E-state index contributed by atoms with van der Waals surface area (Å²) in [5.41, 5.74) is 0. The van der Waals surface area contributed by atoms with Crippen molar-refractivity contribution in [1.29, 1.82) is 0 Å². The summed E-state index contributed by atoms with van der Waals surface area (Å²) in [5.74, 6) is 5.55. The zero-order valence-corrected chi connectivity index (χ0v) is 7.03. The Morgan fingerprint density at radius 1 is 1.55 bits per heavy atom. The average Bonchev–Trinajstić information content (AvgIpc) is 1.99. The molecule has 0 unspecified atom stereocenters. The summed E-state index contributed by atoms with van der Waals surface area (Å²) in [6, 6.07) is 0. The van der Waals surface area contributed by atoms with Crippen LogP contribution in [0.5, 0.6) is 0 Å². The molecule has 0 radical (unpaired) electrons. The van der Waals surface area contributed by atoms with E-state index < -0.39 is 0 Å². The van der Waals surface area contributed by atoms with Gasteiger partial charge in [0.15, 0.2) is 0 Å². The maximum Gasteiger partial charge on any atom is 0.233 e. The Balaban J connectivity index is 3.22. The van der Waals surface area contributed by atoms with Crippen molar-refractivity contribution in [2.24, 2.45) is 0 Å². The lowest BCUT2D eigenvalue weighted by Gasteiger charge is -2.00. The van der Waals surface area contributed by atoms with Gasteiger partial charge in [-0.15, -0.1) is 5.92 Å². The van der Waals surface area contributed by atoms with Crippen LogP contribution in [-0.4, -0.2) is 25.5 Å². The first kappa shape index (κ1) is 9.99. The summed E-state index contributed by atoms with van der Waals surface area (Å²) < 4.78 is 0. The van der Waals surface area contributed by atoms with Gasteiger partial charge in [-0.05, 0) is 13.8 Å². The summed E-state index contributed by atoms with van der Waals surface area (Å²) in [4.78, 5) is 10.8. The molecule has 0 aromatic carbocycles. The van der Waals surface area contributed by atoms with E-state index in [-0.39, 0.29) is 5.91 Å². The van der Waals surface area contributed by atoms with E-state index >= 15 is 0 Å². The van der Waals surface area contributed by atoms with Crippen molar-refractivity contribution in [2.45, 2.75) is 13.8 Å². The van der Waals surface area contributed by atoms with E-state index in [9.17, 15) is 4.79 Å². The second kappa shape index (κ2) is 7.10. The third-order valence-electron chi connectivity index (χ3n) is 1.05. The van der Waals surface area contributed by atoms with Crippen LogP contribution in [0.4, 0.5) is 0 Å². The molecule has 0 saturated carbocycles.